The van der Waals surface area contributed by atoms with Crippen molar-refractivity contribution >= 4 is 29.4 Å². The predicted octanol–water partition coefficient (Wildman–Crippen LogP) is 1.86. The molecule has 9 heteroatoms. The first-order valence-electron chi connectivity index (χ1n) is 9.58. The molecule has 3 N–H and O–H groups in total. The molecule has 2 aromatic rings. The first kappa shape index (κ1) is 21.1. The van der Waals surface area contributed by atoms with Crippen LogP contribution in [0.2, 0.25) is 0 Å². The number of anilines is 1. The number of furan rings is 1. The Morgan fingerprint density at radius 1 is 1.23 bits per heavy atom. The minimum atomic E-state index is -0.718. The zero-order valence-electron chi connectivity index (χ0n) is 16.6. The minimum absolute atomic E-state index is 0.138. The molecular weight excluding hydrogens is 390 g/mol. The SMILES string of the molecule is Cc1ccc(C(=O)OCC(=O)N2CCCC[C@@H]2C(N)=O)cc1NC(=O)c1ccco1. The van der Waals surface area contributed by atoms with E-state index in [0.29, 0.717) is 18.7 Å². The molecule has 3 amide bonds. The molecule has 0 spiro atoms. The van der Waals surface area contributed by atoms with Crippen LogP contribution in [0.4, 0.5) is 5.69 Å². The Balaban J connectivity index is 1.63. The third-order valence-electron chi connectivity index (χ3n) is 4.94. The average molecular weight is 413 g/mol. The molecule has 1 aliphatic rings. The lowest BCUT2D eigenvalue weighted by atomic mass is 10.0. The van der Waals surface area contributed by atoms with Gasteiger partial charge >= 0.3 is 5.97 Å². The number of aryl methyl sites for hydroxylation is 1. The van der Waals surface area contributed by atoms with Crippen molar-refractivity contribution in [1.82, 2.24) is 4.90 Å². The van der Waals surface area contributed by atoms with Crippen LogP contribution in [-0.2, 0) is 14.3 Å². The first-order valence-corrected chi connectivity index (χ1v) is 9.58. The van der Waals surface area contributed by atoms with Gasteiger partial charge in [-0.3, -0.25) is 14.4 Å². The normalized spacial score (nSPS) is 16.0. The van der Waals surface area contributed by atoms with Crippen LogP contribution < -0.4 is 11.1 Å². The Morgan fingerprint density at radius 3 is 2.73 bits per heavy atom. The zero-order chi connectivity index (χ0) is 21.7. The zero-order valence-corrected chi connectivity index (χ0v) is 16.6. The molecule has 1 aliphatic heterocycles. The molecule has 0 bridgehead atoms. The molecule has 158 valence electrons. The molecule has 0 radical (unpaired) electrons. The lowest BCUT2D eigenvalue weighted by Gasteiger charge is -2.33. The number of hydrogen-bond donors (Lipinski definition) is 2. The van der Waals surface area contributed by atoms with E-state index in [1.54, 1.807) is 19.1 Å². The minimum Gasteiger partial charge on any atom is -0.459 e. The van der Waals surface area contributed by atoms with Crippen LogP contribution in [0.3, 0.4) is 0 Å². The molecule has 1 aromatic carbocycles. The van der Waals surface area contributed by atoms with Gasteiger partial charge in [0.05, 0.1) is 11.8 Å². The number of amides is 3. The summed E-state index contributed by atoms with van der Waals surface area (Å²) in [6.07, 6.45) is 3.47. The molecule has 9 nitrogen and oxygen atoms in total. The quantitative estimate of drug-likeness (QED) is 0.695. The lowest BCUT2D eigenvalue weighted by molar-refractivity contribution is -0.143. The number of piperidine rings is 1. The number of carbonyl (C=O) groups excluding carboxylic acids is 4. The highest BCUT2D eigenvalue weighted by Gasteiger charge is 2.31. The van der Waals surface area contributed by atoms with Gasteiger partial charge in [-0.25, -0.2) is 4.79 Å². The maximum absolute atomic E-state index is 12.4. The van der Waals surface area contributed by atoms with E-state index in [2.05, 4.69) is 5.32 Å². The molecule has 0 aliphatic carbocycles. The number of esters is 1. The number of rotatable bonds is 6. The number of nitrogens with zero attached hydrogens (tertiary/aromatic N) is 1. The van der Waals surface area contributed by atoms with E-state index >= 15 is 0 Å². The number of benzene rings is 1. The molecule has 1 fully saturated rings. The third kappa shape index (κ3) is 4.86. The third-order valence-corrected chi connectivity index (χ3v) is 4.94. The predicted molar refractivity (Wildman–Crippen MR) is 107 cm³/mol. The van der Waals surface area contributed by atoms with E-state index in [1.807, 2.05) is 0 Å². The summed E-state index contributed by atoms with van der Waals surface area (Å²) in [6, 6.07) is 7.11. The standard InChI is InChI=1S/C21H23N3O6/c1-13-7-8-14(11-15(13)23-20(27)17-6-4-10-29-17)21(28)30-12-18(25)24-9-3-2-5-16(24)19(22)26/h4,6-8,10-11,16H,2-3,5,9,12H2,1H3,(H2,22,26)(H,23,27)/t16-/m1/s1. The van der Waals surface area contributed by atoms with Crippen molar-refractivity contribution in [2.75, 3.05) is 18.5 Å². The summed E-state index contributed by atoms with van der Waals surface area (Å²) in [6.45, 7) is 1.68. The number of carbonyl (C=O) groups is 4. The fourth-order valence-corrected chi connectivity index (χ4v) is 3.29. The second-order valence-electron chi connectivity index (χ2n) is 7.04. The van der Waals surface area contributed by atoms with Crippen LogP contribution in [0, 0.1) is 6.92 Å². The molecule has 30 heavy (non-hydrogen) atoms. The van der Waals surface area contributed by atoms with E-state index in [1.165, 1.54) is 29.4 Å². The maximum atomic E-state index is 12.4. The van der Waals surface area contributed by atoms with Crippen molar-refractivity contribution in [3.05, 3.63) is 53.5 Å². The van der Waals surface area contributed by atoms with E-state index < -0.39 is 36.3 Å². The van der Waals surface area contributed by atoms with Crippen LogP contribution in [-0.4, -0.2) is 47.8 Å². The number of likely N-dealkylation sites (tertiary alicyclic amines) is 1. The van der Waals surface area contributed by atoms with Gasteiger partial charge in [-0.05, 0) is 56.0 Å². The summed E-state index contributed by atoms with van der Waals surface area (Å²) < 4.78 is 10.2. The highest BCUT2D eigenvalue weighted by atomic mass is 16.5. The Bertz CT molecular complexity index is 954. The Hall–Kier alpha value is -3.62. The lowest BCUT2D eigenvalue weighted by Crippen LogP contribution is -2.51. The number of primary amides is 1. The van der Waals surface area contributed by atoms with Gasteiger partial charge in [-0.1, -0.05) is 6.07 Å². The Labute approximate surface area is 173 Å². The molecular formula is C21H23N3O6. The Kier molecular flexibility index (Phi) is 6.51. The van der Waals surface area contributed by atoms with Crippen molar-refractivity contribution in [2.24, 2.45) is 5.73 Å². The van der Waals surface area contributed by atoms with Gasteiger partial charge in [-0.2, -0.15) is 0 Å². The molecule has 0 unspecified atom stereocenters. The van der Waals surface area contributed by atoms with E-state index in [0.717, 1.165) is 18.4 Å². The molecule has 2 heterocycles. The van der Waals surface area contributed by atoms with Crippen LogP contribution in [0.5, 0.6) is 0 Å². The van der Waals surface area contributed by atoms with E-state index in [4.69, 9.17) is 14.9 Å². The highest BCUT2D eigenvalue weighted by Crippen LogP contribution is 2.20. The van der Waals surface area contributed by atoms with Gasteiger partial charge < -0.3 is 25.1 Å². The molecule has 1 atom stereocenters. The van der Waals surface area contributed by atoms with Crippen molar-refractivity contribution < 1.29 is 28.3 Å². The number of ether oxygens (including phenoxy) is 1. The Morgan fingerprint density at radius 2 is 2.03 bits per heavy atom. The van der Waals surface area contributed by atoms with Gasteiger partial charge in [-0.15, -0.1) is 0 Å². The summed E-state index contributed by atoms with van der Waals surface area (Å²) in [7, 11) is 0. The first-order chi connectivity index (χ1) is 14.4. The largest absolute Gasteiger partial charge is 0.459 e. The van der Waals surface area contributed by atoms with E-state index in [-0.39, 0.29) is 11.3 Å². The molecule has 0 saturated carbocycles. The second kappa shape index (κ2) is 9.25. The molecule has 1 saturated heterocycles. The highest BCUT2D eigenvalue weighted by molar-refractivity contribution is 6.03. The summed E-state index contributed by atoms with van der Waals surface area (Å²) in [5.74, 6) is -2.07. The summed E-state index contributed by atoms with van der Waals surface area (Å²) in [5, 5.41) is 2.68. The monoisotopic (exact) mass is 413 g/mol. The fourth-order valence-electron chi connectivity index (χ4n) is 3.29. The van der Waals surface area contributed by atoms with Gasteiger partial charge in [0.2, 0.25) is 5.91 Å². The smallest absolute Gasteiger partial charge is 0.338 e. The second-order valence-corrected chi connectivity index (χ2v) is 7.04. The summed E-state index contributed by atoms with van der Waals surface area (Å²) in [5.41, 5.74) is 6.70. The van der Waals surface area contributed by atoms with Crippen molar-refractivity contribution in [1.29, 1.82) is 0 Å². The van der Waals surface area contributed by atoms with Gasteiger partial charge in [0.15, 0.2) is 12.4 Å². The van der Waals surface area contributed by atoms with Gasteiger partial charge in [0.25, 0.3) is 11.8 Å². The average Bonchev–Trinajstić information content (AvgIpc) is 3.28. The summed E-state index contributed by atoms with van der Waals surface area (Å²) >= 11 is 0. The summed E-state index contributed by atoms with van der Waals surface area (Å²) in [4.78, 5) is 49.9. The topological polar surface area (TPSA) is 132 Å². The van der Waals surface area contributed by atoms with E-state index in [9.17, 15) is 19.2 Å². The van der Waals surface area contributed by atoms with Crippen molar-refractivity contribution in [3.63, 3.8) is 0 Å². The van der Waals surface area contributed by atoms with Crippen LogP contribution in [0.1, 0.15) is 45.7 Å². The number of nitrogens with two attached hydrogens (primary N) is 1. The van der Waals surface area contributed by atoms with Crippen molar-refractivity contribution in [3.8, 4) is 0 Å². The number of hydrogen-bond acceptors (Lipinski definition) is 6. The van der Waals surface area contributed by atoms with Gasteiger partial charge in [0.1, 0.15) is 6.04 Å². The number of nitrogens with one attached hydrogen (secondary N) is 1. The molecule has 3 rings (SSSR count). The van der Waals surface area contributed by atoms with Crippen LogP contribution in [0.15, 0.2) is 41.0 Å². The molecule has 1 aromatic heterocycles. The van der Waals surface area contributed by atoms with Crippen molar-refractivity contribution in [2.45, 2.75) is 32.2 Å². The fraction of sp³-hybridized carbons (Fsp3) is 0.333. The van der Waals surface area contributed by atoms with Crippen LogP contribution >= 0.6 is 0 Å². The van der Waals surface area contributed by atoms with Gasteiger partial charge in [0, 0.05) is 12.2 Å². The maximum Gasteiger partial charge on any atom is 0.338 e. The van der Waals surface area contributed by atoms with Crippen LogP contribution in [0.25, 0.3) is 0 Å².